The number of ether oxygens (including phenoxy) is 2. The van der Waals surface area contributed by atoms with Crippen molar-refractivity contribution in [1.29, 1.82) is 0 Å². The van der Waals surface area contributed by atoms with Crippen LogP contribution in [0, 0.1) is 0 Å². The van der Waals surface area contributed by atoms with Crippen LogP contribution >= 0.6 is 0 Å². The van der Waals surface area contributed by atoms with E-state index >= 15 is 0 Å². The molecular formula is C22H16O3. The average Bonchev–Trinajstić information content (AvgIpc) is 3.02. The first kappa shape index (κ1) is 15.2. The Labute approximate surface area is 145 Å². The molecule has 0 saturated carbocycles. The van der Waals surface area contributed by atoms with E-state index in [4.69, 9.17) is 9.47 Å². The number of carbonyl (C=O) groups excluding carboxylic acids is 1. The Balaban J connectivity index is 1.70. The molecule has 0 spiro atoms. The smallest absolute Gasteiger partial charge is 0.343 e. The van der Waals surface area contributed by atoms with Crippen LogP contribution in [-0.4, -0.2) is 13.1 Å². The van der Waals surface area contributed by atoms with Gasteiger partial charge < -0.3 is 9.47 Å². The number of esters is 1. The van der Waals surface area contributed by atoms with Gasteiger partial charge in [0.05, 0.1) is 12.7 Å². The number of hydrogen-bond donors (Lipinski definition) is 0. The fraction of sp³-hybridized carbons (Fsp3) is 0.0455. The molecule has 0 N–H and O–H groups in total. The molecule has 0 aliphatic carbocycles. The number of cyclic esters (lactones) is 1. The minimum Gasteiger partial charge on any atom is -0.497 e. The van der Waals surface area contributed by atoms with Crippen LogP contribution in [0.1, 0.15) is 11.1 Å². The molecular weight excluding hydrogens is 312 g/mol. The summed E-state index contributed by atoms with van der Waals surface area (Å²) in [5.74, 6) is 1.07. The first-order valence-electron chi connectivity index (χ1n) is 8.02. The first-order valence-corrected chi connectivity index (χ1v) is 8.02. The van der Waals surface area contributed by atoms with Crippen molar-refractivity contribution in [2.45, 2.75) is 0 Å². The topological polar surface area (TPSA) is 35.5 Å². The highest BCUT2D eigenvalue weighted by molar-refractivity contribution is 6.05. The Morgan fingerprint density at radius 3 is 2.48 bits per heavy atom. The molecule has 3 heteroatoms. The molecule has 4 rings (SSSR count). The van der Waals surface area contributed by atoms with Crippen molar-refractivity contribution < 1.29 is 14.3 Å². The lowest BCUT2D eigenvalue weighted by Crippen LogP contribution is -1.97. The van der Waals surface area contributed by atoms with E-state index in [2.05, 4.69) is 0 Å². The van der Waals surface area contributed by atoms with Crippen LogP contribution in [-0.2, 0) is 9.53 Å². The summed E-state index contributed by atoms with van der Waals surface area (Å²) in [7, 11) is 1.65. The molecule has 3 aromatic rings. The Hall–Kier alpha value is -3.33. The van der Waals surface area contributed by atoms with Crippen LogP contribution in [0.5, 0.6) is 5.75 Å². The molecule has 25 heavy (non-hydrogen) atoms. The third kappa shape index (κ3) is 3.04. The van der Waals surface area contributed by atoms with Crippen molar-refractivity contribution >= 4 is 28.6 Å². The molecule has 1 heterocycles. The number of rotatable bonds is 3. The van der Waals surface area contributed by atoms with E-state index in [9.17, 15) is 4.79 Å². The van der Waals surface area contributed by atoms with Gasteiger partial charge in [0.25, 0.3) is 0 Å². The van der Waals surface area contributed by atoms with Crippen molar-refractivity contribution in [2.24, 2.45) is 0 Å². The third-order valence-electron chi connectivity index (χ3n) is 4.18. The maximum Gasteiger partial charge on any atom is 0.343 e. The standard InChI is InChI=1S/C22H16O3/c1-24-20-10-9-16-12-18(8-7-17(16)13-20)21-14-19(22(23)25-21)11-15-5-3-2-4-6-15/h2-14H,1H3/b19-11-. The van der Waals surface area contributed by atoms with Crippen LogP contribution in [0.4, 0.5) is 0 Å². The van der Waals surface area contributed by atoms with Crippen LogP contribution in [0.25, 0.3) is 22.6 Å². The zero-order chi connectivity index (χ0) is 17.2. The van der Waals surface area contributed by atoms with E-state index in [1.54, 1.807) is 13.2 Å². The molecule has 0 aromatic heterocycles. The number of benzene rings is 3. The van der Waals surface area contributed by atoms with Crippen molar-refractivity contribution in [2.75, 3.05) is 7.11 Å². The third-order valence-corrected chi connectivity index (χ3v) is 4.18. The van der Waals surface area contributed by atoms with Gasteiger partial charge >= 0.3 is 5.97 Å². The molecule has 0 amide bonds. The molecule has 3 aromatic carbocycles. The van der Waals surface area contributed by atoms with Crippen LogP contribution in [0.2, 0.25) is 0 Å². The van der Waals surface area contributed by atoms with Gasteiger partial charge in [0.2, 0.25) is 0 Å². The molecule has 0 radical (unpaired) electrons. The average molecular weight is 328 g/mol. The Kier molecular flexibility index (Phi) is 3.82. The molecule has 3 nitrogen and oxygen atoms in total. The second kappa shape index (κ2) is 6.29. The fourth-order valence-corrected chi connectivity index (χ4v) is 2.86. The predicted molar refractivity (Wildman–Crippen MR) is 99.0 cm³/mol. The molecule has 0 bridgehead atoms. The van der Waals surface area contributed by atoms with Gasteiger partial charge in [-0.3, -0.25) is 0 Å². The molecule has 122 valence electrons. The van der Waals surface area contributed by atoms with E-state index in [-0.39, 0.29) is 5.97 Å². The van der Waals surface area contributed by atoms with Crippen molar-refractivity contribution in [3.8, 4) is 5.75 Å². The van der Waals surface area contributed by atoms with Gasteiger partial charge in [0.1, 0.15) is 11.5 Å². The van der Waals surface area contributed by atoms with Crippen LogP contribution in [0.3, 0.4) is 0 Å². The molecule has 0 atom stereocenters. The Morgan fingerprint density at radius 2 is 1.68 bits per heavy atom. The Morgan fingerprint density at radius 1 is 0.920 bits per heavy atom. The summed E-state index contributed by atoms with van der Waals surface area (Å²) in [5.41, 5.74) is 2.40. The quantitative estimate of drug-likeness (QED) is 0.510. The summed E-state index contributed by atoms with van der Waals surface area (Å²) in [6.07, 6.45) is 3.63. The van der Waals surface area contributed by atoms with Gasteiger partial charge in [0.15, 0.2) is 0 Å². The monoisotopic (exact) mass is 328 g/mol. The lowest BCUT2D eigenvalue weighted by molar-refractivity contribution is -0.130. The van der Waals surface area contributed by atoms with Crippen molar-refractivity contribution in [1.82, 2.24) is 0 Å². The Bertz CT molecular complexity index is 1010. The van der Waals surface area contributed by atoms with E-state index in [1.165, 1.54) is 0 Å². The molecule has 0 saturated heterocycles. The highest BCUT2D eigenvalue weighted by Gasteiger charge is 2.22. The van der Waals surface area contributed by atoms with Crippen LogP contribution in [0.15, 0.2) is 78.4 Å². The van der Waals surface area contributed by atoms with E-state index in [0.29, 0.717) is 11.3 Å². The predicted octanol–water partition coefficient (Wildman–Crippen LogP) is 4.83. The minimum atomic E-state index is -0.325. The van der Waals surface area contributed by atoms with E-state index in [0.717, 1.165) is 27.6 Å². The molecule has 1 aliphatic heterocycles. The van der Waals surface area contributed by atoms with Gasteiger partial charge in [0, 0.05) is 5.56 Å². The largest absolute Gasteiger partial charge is 0.497 e. The highest BCUT2D eigenvalue weighted by atomic mass is 16.5. The maximum absolute atomic E-state index is 12.2. The molecule has 1 aliphatic rings. The van der Waals surface area contributed by atoms with Gasteiger partial charge in [-0.2, -0.15) is 0 Å². The second-order valence-electron chi connectivity index (χ2n) is 5.84. The lowest BCUT2D eigenvalue weighted by atomic mass is 10.0. The summed E-state index contributed by atoms with van der Waals surface area (Å²) in [6, 6.07) is 21.6. The zero-order valence-corrected chi connectivity index (χ0v) is 13.7. The number of carbonyl (C=O) groups is 1. The maximum atomic E-state index is 12.2. The number of hydrogen-bond acceptors (Lipinski definition) is 3. The first-order chi connectivity index (χ1) is 12.2. The second-order valence-corrected chi connectivity index (χ2v) is 5.84. The van der Waals surface area contributed by atoms with E-state index < -0.39 is 0 Å². The summed E-state index contributed by atoms with van der Waals surface area (Å²) in [5, 5.41) is 2.14. The lowest BCUT2D eigenvalue weighted by Gasteiger charge is -2.06. The fourth-order valence-electron chi connectivity index (χ4n) is 2.86. The van der Waals surface area contributed by atoms with E-state index in [1.807, 2.05) is 72.8 Å². The summed E-state index contributed by atoms with van der Waals surface area (Å²) in [4.78, 5) is 12.2. The summed E-state index contributed by atoms with van der Waals surface area (Å²) in [6.45, 7) is 0. The van der Waals surface area contributed by atoms with Crippen molar-refractivity contribution in [3.63, 3.8) is 0 Å². The van der Waals surface area contributed by atoms with Crippen molar-refractivity contribution in [3.05, 3.63) is 89.5 Å². The van der Waals surface area contributed by atoms with Gasteiger partial charge in [-0.25, -0.2) is 4.79 Å². The minimum absolute atomic E-state index is 0.325. The van der Waals surface area contributed by atoms with Gasteiger partial charge in [-0.1, -0.05) is 48.5 Å². The summed E-state index contributed by atoms with van der Waals surface area (Å²) < 4.78 is 10.7. The van der Waals surface area contributed by atoms with Gasteiger partial charge in [-0.15, -0.1) is 0 Å². The number of methoxy groups -OCH3 is 1. The summed E-state index contributed by atoms with van der Waals surface area (Å²) >= 11 is 0. The zero-order valence-electron chi connectivity index (χ0n) is 13.7. The normalized spacial score (nSPS) is 15.3. The van der Waals surface area contributed by atoms with Crippen LogP contribution < -0.4 is 4.74 Å². The number of fused-ring (bicyclic) bond motifs is 1. The highest BCUT2D eigenvalue weighted by Crippen LogP contribution is 2.30. The molecule has 0 unspecified atom stereocenters. The molecule has 0 fully saturated rings. The van der Waals surface area contributed by atoms with Gasteiger partial charge in [-0.05, 0) is 46.7 Å². The SMILES string of the molecule is COc1ccc2cc(C3=C/C(=C/c4ccccc4)C(=O)O3)ccc2c1.